The Hall–Kier alpha value is -1.83. The van der Waals surface area contributed by atoms with Crippen molar-refractivity contribution in [1.82, 2.24) is 0 Å². The molecular weight excluding hydrogens is 248 g/mol. The molecule has 2 nitrogen and oxygen atoms in total. The fourth-order valence-electron chi connectivity index (χ4n) is 1.60. The van der Waals surface area contributed by atoms with E-state index in [1.165, 1.54) is 0 Å². The van der Waals surface area contributed by atoms with Crippen molar-refractivity contribution >= 4 is 5.97 Å². The number of ether oxygens (including phenoxy) is 1. The van der Waals surface area contributed by atoms with Gasteiger partial charge >= 0.3 is 5.97 Å². The molecule has 1 aromatic rings. The van der Waals surface area contributed by atoms with Crippen LogP contribution in [0.1, 0.15) is 32.8 Å². The van der Waals surface area contributed by atoms with E-state index in [2.05, 4.69) is 26.0 Å². The second-order valence-corrected chi connectivity index (χ2v) is 5.04. The molecule has 0 heterocycles. The quantitative estimate of drug-likeness (QED) is 0.546. The van der Waals surface area contributed by atoms with Crippen molar-refractivity contribution in [3.05, 3.63) is 59.7 Å². The third kappa shape index (κ3) is 6.93. The Morgan fingerprint density at radius 1 is 1.30 bits per heavy atom. The van der Waals surface area contributed by atoms with Gasteiger partial charge in [0.2, 0.25) is 0 Å². The summed E-state index contributed by atoms with van der Waals surface area (Å²) < 4.78 is 5.20. The van der Waals surface area contributed by atoms with Gasteiger partial charge in [-0.2, -0.15) is 0 Å². The van der Waals surface area contributed by atoms with Crippen LogP contribution in [0.4, 0.5) is 0 Å². The van der Waals surface area contributed by atoms with Crippen LogP contribution in [0.5, 0.6) is 0 Å². The molecule has 1 rings (SSSR count). The average Bonchev–Trinajstić information content (AvgIpc) is 2.45. The minimum Gasteiger partial charge on any atom is -0.461 e. The van der Waals surface area contributed by atoms with Crippen molar-refractivity contribution in [2.45, 2.75) is 33.6 Å². The monoisotopic (exact) mass is 272 g/mol. The van der Waals surface area contributed by atoms with Gasteiger partial charge in [-0.15, -0.1) is 0 Å². The standard InChI is InChI=1S/C18H24O2/c1-4-15(2)10-11-16(3)12-13-20-18(19)14-17-8-6-5-7-9-17/h5-12,15H,4,13-14H2,1-3H3/b11-10+,16-12+. The summed E-state index contributed by atoms with van der Waals surface area (Å²) in [6, 6.07) is 9.64. The van der Waals surface area contributed by atoms with Gasteiger partial charge in [-0.1, -0.05) is 68.3 Å². The molecule has 0 aromatic heterocycles. The third-order valence-corrected chi connectivity index (χ3v) is 3.17. The zero-order chi connectivity index (χ0) is 14.8. The first-order valence-electron chi connectivity index (χ1n) is 7.16. The number of carbonyl (C=O) groups excluding carboxylic acids is 1. The molecule has 0 saturated heterocycles. The van der Waals surface area contributed by atoms with E-state index in [4.69, 9.17) is 4.74 Å². The van der Waals surface area contributed by atoms with E-state index in [1.807, 2.05) is 43.3 Å². The van der Waals surface area contributed by atoms with Crippen LogP contribution in [0, 0.1) is 5.92 Å². The highest BCUT2D eigenvalue weighted by atomic mass is 16.5. The number of hydrogen-bond donors (Lipinski definition) is 0. The molecule has 0 aliphatic heterocycles. The van der Waals surface area contributed by atoms with Gasteiger partial charge < -0.3 is 4.74 Å². The summed E-state index contributed by atoms with van der Waals surface area (Å²) in [6.07, 6.45) is 7.66. The smallest absolute Gasteiger partial charge is 0.310 e. The van der Waals surface area contributed by atoms with Gasteiger partial charge in [-0.25, -0.2) is 0 Å². The summed E-state index contributed by atoms with van der Waals surface area (Å²) in [5, 5.41) is 0. The molecule has 0 aliphatic rings. The van der Waals surface area contributed by atoms with Crippen LogP contribution >= 0.6 is 0 Å². The van der Waals surface area contributed by atoms with Crippen LogP contribution in [0.25, 0.3) is 0 Å². The Morgan fingerprint density at radius 2 is 2.00 bits per heavy atom. The number of allylic oxidation sites excluding steroid dienone is 3. The van der Waals surface area contributed by atoms with E-state index < -0.39 is 0 Å². The minimum absolute atomic E-state index is 0.189. The van der Waals surface area contributed by atoms with Crippen molar-refractivity contribution < 1.29 is 9.53 Å². The third-order valence-electron chi connectivity index (χ3n) is 3.17. The first-order valence-corrected chi connectivity index (χ1v) is 7.16. The molecule has 1 atom stereocenters. The zero-order valence-electron chi connectivity index (χ0n) is 12.6. The highest BCUT2D eigenvalue weighted by molar-refractivity contribution is 5.72. The molecule has 0 bridgehead atoms. The van der Waals surface area contributed by atoms with Crippen LogP contribution in [0.15, 0.2) is 54.1 Å². The Labute approximate surface area is 122 Å². The van der Waals surface area contributed by atoms with Crippen molar-refractivity contribution in [2.75, 3.05) is 6.61 Å². The lowest BCUT2D eigenvalue weighted by Crippen LogP contribution is -2.08. The van der Waals surface area contributed by atoms with Gasteiger partial charge in [0.05, 0.1) is 6.42 Å². The number of esters is 1. The number of hydrogen-bond acceptors (Lipinski definition) is 2. The predicted molar refractivity (Wildman–Crippen MR) is 83.5 cm³/mol. The molecule has 1 aromatic carbocycles. The predicted octanol–water partition coefficient (Wildman–Crippen LogP) is 4.32. The van der Waals surface area contributed by atoms with Crippen molar-refractivity contribution in [2.24, 2.45) is 5.92 Å². The first kappa shape index (κ1) is 16.2. The summed E-state index contributed by atoms with van der Waals surface area (Å²) in [5.41, 5.74) is 2.10. The van der Waals surface area contributed by atoms with Crippen LogP contribution < -0.4 is 0 Å². The van der Waals surface area contributed by atoms with Crippen molar-refractivity contribution in [1.29, 1.82) is 0 Å². The molecule has 2 heteroatoms. The zero-order valence-corrected chi connectivity index (χ0v) is 12.6. The maximum Gasteiger partial charge on any atom is 0.310 e. The molecule has 0 aliphatic carbocycles. The van der Waals surface area contributed by atoms with Crippen LogP contribution in [-0.2, 0) is 16.0 Å². The molecule has 0 radical (unpaired) electrons. The van der Waals surface area contributed by atoms with E-state index in [9.17, 15) is 4.79 Å². The van der Waals surface area contributed by atoms with Gasteiger partial charge in [0, 0.05) is 0 Å². The van der Waals surface area contributed by atoms with Gasteiger partial charge in [-0.05, 0) is 24.5 Å². The topological polar surface area (TPSA) is 26.3 Å². The Kier molecular flexibility index (Phi) is 7.41. The summed E-state index contributed by atoms with van der Waals surface area (Å²) in [4.78, 5) is 11.6. The fraction of sp³-hybridized carbons (Fsp3) is 0.389. The maximum atomic E-state index is 11.6. The van der Waals surface area contributed by atoms with Gasteiger partial charge in [0.1, 0.15) is 6.61 Å². The largest absolute Gasteiger partial charge is 0.461 e. The van der Waals surface area contributed by atoms with Gasteiger partial charge in [-0.3, -0.25) is 4.79 Å². The fourth-order valence-corrected chi connectivity index (χ4v) is 1.60. The lowest BCUT2D eigenvalue weighted by atomic mass is 10.1. The first-order chi connectivity index (χ1) is 9.61. The summed E-state index contributed by atoms with van der Waals surface area (Å²) in [6.45, 7) is 6.70. The lowest BCUT2D eigenvalue weighted by Gasteiger charge is -2.03. The summed E-state index contributed by atoms with van der Waals surface area (Å²) >= 11 is 0. The van der Waals surface area contributed by atoms with Crippen LogP contribution in [0.2, 0.25) is 0 Å². The second-order valence-electron chi connectivity index (χ2n) is 5.04. The number of carbonyl (C=O) groups is 1. The maximum absolute atomic E-state index is 11.6. The summed E-state index contributed by atoms with van der Waals surface area (Å²) in [5.74, 6) is 0.394. The molecule has 0 N–H and O–H groups in total. The van der Waals surface area contributed by atoms with E-state index in [1.54, 1.807) is 0 Å². The highest BCUT2D eigenvalue weighted by Gasteiger charge is 2.02. The molecule has 108 valence electrons. The average molecular weight is 272 g/mol. The van der Waals surface area contributed by atoms with E-state index in [0.717, 1.165) is 17.6 Å². The SMILES string of the molecule is CCC(C)/C=C/C(C)=C/COC(=O)Cc1ccccc1. The number of rotatable bonds is 7. The Bertz CT molecular complexity index is 458. The van der Waals surface area contributed by atoms with E-state index in [-0.39, 0.29) is 5.97 Å². The normalized spacial score (nSPS) is 13.4. The van der Waals surface area contributed by atoms with Crippen LogP contribution in [0.3, 0.4) is 0 Å². The molecule has 0 fully saturated rings. The molecule has 0 saturated carbocycles. The van der Waals surface area contributed by atoms with E-state index >= 15 is 0 Å². The molecule has 0 spiro atoms. The van der Waals surface area contributed by atoms with Crippen LogP contribution in [-0.4, -0.2) is 12.6 Å². The second kappa shape index (κ2) is 9.13. The molecule has 1 unspecified atom stereocenters. The molecular formula is C18H24O2. The van der Waals surface area contributed by atoms with E-state index in [0.29, 0.717) is 18.9 Å². The molecule has 0 amide bonds. The number of benzene rings is 1. The highest BCUT2D eigenvalue weighted by Crippen LogP contribution is 2.05. The van der Waals surface area contributed by atoms with Crippen molar-refractivity contribution in [3.8, 4) is 0 Å². The lowest BCUT2D eigenvalue weighted by molar-refractivity contribution is -0.141. The molecule has 20 heavy (non-hydrogen) atoms. The van der Waals surface area contributed by atoms with Gasteiger partial charge in [0.25, 0.3) is 0 Å². The summed E-state index contributed by atoms with van der Waals surface area (Å²) in [7, 11) is 0. The minimum atomic E-state index is -0.189. The Morgan fingerprint density at radius 3 is 2.65 bits per heavy atom. The van der Waals surface area contributed by atoms with Crippen molar-refractivity contribution in [3.63, 3.8) is 0 Å². The Balaban J connectivity index is 2.32. The van der Waals surface area contributed by atoms with Gasteiger partial charge in [0.15, 0.2) is 0 Å².